The fraction of sp³-hybridized carbons (Fsp3) is 0.615. The Morgan fingerprint density at radius 1 is 1.35 bits per heavy atom. The zero-order chi connectivity index (χ0) is 11.4. The highest BCUT2D eigenvalue weighted by Crippen LogP contribution is 2.07. The Bertz CT molecular complexity index is 328. The van der Waals surface area contributed by atoms with Crippen LogP contribution < -0.4 is 10.6 Å². The number of rotatable bonds is 3. The minimum absolute atomic E-state index is 0. The number of aryl methyl sites for hydroxylation is 2. The van der Waals surface area contributed by atoms with Crippen LogP contribution in [-0.4, -0.2) is 24.1 Å². The zero-order valence-electron chi connectivity index (χ0n) is 10.7. The Labute approximate surface area is 111 Å². The Balaban J connectivity index is 0.00000144. The van der Waals surface area contributed by atoms with E-state index in [2.05, 4.69) is 41.6 Å². The first-order valence-corrected chi connectivity index (χ1v) is 6.12. The van der Waals surface area contributed by atoms with Gasteiger partial charge in [-0.1, -0.05) is 0 Å². The summed E-state index contributed by atoms with van der Waals surface area (Å²) >= 11 is 0. The van der Waals surface area contributed by atoms with Crippen molar-refractivity contribution in [3.05, 3.63) is 29.1 Å². The van der Waals surface area contributed by atoms with Gasteiger partial charge in [0.25, 0.3) is 0 Å². The van der Waals surface area contributed by atoms with Gasteiger partial charge in [-0.3, -0.25) is 4.98 Å². The molecule has 1 aromatic rings. The largest absolute Gasteiger partial charge is 0.315 e. The van der Waals surface area contributed by atoms with Crippen molar-refractivity contribution in [2.24, 2.45) is 0 Å². The van der Waals surface area contributed by atoms with E-state index in [1.165, 1.54) is 24.9 Å². The predicted molar refractivity (Wildman–Crippen MR) is 76.8 cm³/mol. The predicted octanol–water partition coefficient (Wildman–Crippen LogP) is 1.65. The second kappa shape index (κ2) is 6.99. The minimum Gasteiger partial charge on any atom is -0.315 e. The molecule has 0 radical (unpaired) electrons. The molecule has 1 atom stereocenters. The van der Waals surface area contributed by atoms with E-state index in [4.69, 9.17) is 0 Å². The molecular formula is C13H23N3S. The van der Waals surface area contributed by atoms with Crippen LogP contribution in [0.4, 0.5) is 0 Å². The van der Waals surface area contributed by atoms with Gasteiger partial charge in [0.05, 0.1) is 0 Å². The lowest BCUT2D eigenvalue weighted by Gasteiger charge is -2.24. The highest BCUT2D eigenvalue weighted by atomic mass is 32.1. The fourth-order valence-electron chi connectivity index (χ4n) is 2.31. The SMILES string of the molecule is Cc1cc(CN[C@H]2CCCNC2)cc(C)n1.S. The summed E-state index contributed by atoms with van der Waals surface area (Å²) in [6.45, 7) is 7.34. The molecule has 0 saturated carbocycles. The summed E-state index contributed by atoms with van der Waals surface area (Å²) in [5.74, 6) is 0. The molecule has 2 N–H and O–H groups in total. The van der Waals surface area contributed by atoms with Crippen molar-refractivity contribution >= 4 is 13.5 Å². The number of nitrogens with one attached hydrogen (secondary N) is 2. The topological polar surface area (TPSA) is 37.0 Å². The average molecular weight is 253 g/mol. The van der Waals surface area contributed by atoms with Crippen LogP contribution in [0.3, 0.4) is 0 Å². The second-order valence-electron chi connectivity index (χ2n) is 4.68. The van der Waals surface area contributed by atoms with E-state index >= 15 is 0 Å². The van der Waals surface area contributed by atoms with E-state index in [9.17, 15) is 0 Å². The first-order valence-electron chi connectivity index (χ1n) is 6.12. The van der Waals surface area contributed by atoms with Crippen molar-refractivity contribution in [3.63, 3.8) is 0 Å². The fourth-order valence-corrected chi connectivity index (χ4v) is 2.31. The average Bonchev–Trinajstić information content (AvgIpc) is 2.27. The maximum absolute atomic E-state index is 4.39. The molecule has 17 heavy (non-hydrogen) atoms. The van der Waals surface area contributed by atoms with Gasteiger partial charge in [-0.2, -0.15) is 13.5 Å². The Morgan fingerprint density at radius 3 is 2.65 bits per heavy atom. The molecule has 4 heteroatoms. The smallest absolute Gasteiger partial charge is 0.0379 e. The van der Waals surface area contributed by atoms with Gasteiger partial charge in [-0.15, -0.1) is 0 Å². The van der Waals surface area contributed by atoms with Gasteiger partial charge < -0.3 is 10.6 Å². The van der Waals surface area contributed by atoms with E-state index in [1.54, 1.807) is 0 Å². The zero-order valence-corrected chi connectivity index (χ0v) is 11.7. The Morgan fingerprint density at radius 2 is 2.06 bits per heavy atom. The number of aromatic nitrogens is 1. The Hall–Kier alpha value is -0.580. The van der Waals surface area contributed by atoms with Crippen LogP contribution in [-0.2, 0) is 6.54 Å². The van der Waals surface area contributed by atoms with Gasteiger partial charge in [0.15, 0.2) is 0 Å². The molecule has 0 aliphatic carbocycles. The third kappa shape index (κ3) is 4.66. The van der Waals surface area contributed by atoms with Gasteiger partial charge in [0.1, 0.15) is 0 Å². The number of nitrogens with zero attached hydrogens (tertiary/aromatic N) is 1. The molecule has 0 amide bonds. The van der Waals surface area contributed by atoms with Crippen LogP contribution in [0.15, 0.2) is 12.1 Å². The van der Waals surface area contributed by atoms with Gasteiger partial charge >= 0.3 is 0 Å². The number of piperidine rings is 1. The summed E-state index contributed by atoms with van der Waals surface area (Å²) < 4.78 is 0. The van der Waals surface area contributed by atoms with Gasteiger partial charge in [0.2, 0.25) is 0 Å². The lowest BCUT2D eigenvalue weighted by molar-refractivity contribution is 0.389. The molecule has 0 aromatic carbocycles. The van der Waals surface area contributed by atoms with Crippen molar-refractivity contribution in [1.82, 2.24) is 15.6 Å². The van der Waals surface area contributed by atoms with Crippen molar-refractivity contribution < 1.29 is 0 Å². The molecule has 1 saturated heterocycles. The van der Waals surface area contributed by atoms with Crippen molar-refractivity contribution in [3.8, 4) is 0 Å². The molecule has 0 bridgehead atoms. The van der Waals surface area contributed by atoms with Gasteiger partial charge in [0, 0.05) is 30.5 Å². The third-order valence-electron chi connectivity index (χ3n) is 3.03. The summed E-state index contributed by atoms with van der Waals surface area (Å²) in [7, 11) is 0. The van der Waals surface area contributed by atoms with E-state index < -0.39 is 0 Å². The summed E-state index contributed by atoms with van der Waals surface area (Å²) in [6, 6.07) is 4.95. The standard InChI is InChI=1S/C13H21N3.H2S/c1-10-6-12(7-11(2)16-10)8-15-13-4-3-5-14-9-13;/h6-7,13-15H,3-5,8-9H2,1-2H3;1H2/t13-;/m0./s1. The lowest BCUT2D eigenvalue weighted by atomic mass is 10.1. The number of hydrogen-bond donors (Lipinski definition) is 2. The van der Waals surface area contributed by atoms with E-state index in [0.717, 1.165) is 24.5 Å². The molecule has 0 spiro atoms. The van der Waals surface area contributed by atoms with Crippen LogP contribution in [0.25, 0.3) is 0 Å². The summed E-state index contributed by atoms with van der Waals surface area (Å²) in [5, 5.41) is 7.02. The summed E-state index contributed by atoms with van der Waals surface area (Å²) in [4.78, 5) is 4.39. The first-order chi connectivity index (χ1) is 7.74. The molecule has 1 aliphatic heterocycles. The molecule has 0 unspecified atom stereocenters. The van der Waals surface area contributed by atoms with Crippen LogP contribution in [0.1, 0.15) is 29.8 Å². The summed E-state index contributed by atoms with van der Waals surface area (Å²) in [6.07, 6.45) is 2.57. The van der Waals surface area contributed by atoms with Crippen LogP contribution in [0.5, 0.6) is 0 Å². The molecule has 3 nitrogen and oxygen atoms in total. The van der Waals surface area contributed by atoms with Gasteiger partial charge in [-0.25, -0.2) is 0 Å². The molecular weight excluding hydrogens is 230 g/mol. The van der Waals surface area contributed by atoms with Gasteiger partial charge in [-0.05, 0) is 50.9 Å². The Kier molecular flexibility index (Phi) is 5.95. The monoisotopic (exact) mass is 253 g/mol. The van der Waals surface area contributed by atoms with Crippen LogP contribution in [0, 0.1) is 13.8 Å². The maximum atomic E-state index is 4.39. The molecule has 2 heterocycles. The quantitative estimate of drug-likeness (QED) is 0.860. The van der Waals surface area contributed by atoms with Crippen LogP contribution >= 0.6 is 13.5 Å². The lowest BCUT2D eigenvalue weighted by Crippen LogP contribution is -2.42. The normalized spacial score (nSPS) is 19.8. The first kappa shape index (κ1) is 14.5. The van der Waals surface area contributed by atoms with Crippen molar-refractivity contribution in [1.29, 1.82) is 0 Å². The molecule has 96 valence electrons. The molecule has 1 fully saturated rings. The highest BCUT2D eigenvalue weighted by molar-refractivity contribution is 7.59. The third-order valence-corrected chi connectivity index (χ3v) is 3.03. The second-order valence-corrected chi connectivity index (χ2v) is 4.68. The van der Waals surface area contributed by atoms with E-state index in [0.29, 0.717) is 6.04 Å². The minimum atomic E-state index is 0. The van der Waals surface area contributed by atoms with E-state index in [-0.39, 0.29) is 13.5 Å². The molecule has 2 rings (SSSR count). The maximum Gasteiger partial charge on any atom is 0.0379 e. The molecule has 1 aromatic heterocycles. The molecule has 1 aliphatic rings. The highest BCUT2D eigenvalue weighted by Gasteiger charge is 2.11. The van der Waals surface area contributed by atoms with Crippen molar-refractivity contribution in [2.75, 3.05) is 13.1 Å². The van der Waals surface area contributed by atoms with Crippen LogP contribution in [0.2, 0.25) is 0 Å². The summed E-state index contributed by atoms with van der Waals surface area (Å²) in [5.41, 5.74) is 3.56. The number of pyridine rings is 1. The number of hydrogen-bond acceptors (Lipinski definition) is 3. The van der Waals surface area contributed by atoms with E-state index in [1.807, 2.05) is 0 Å². The van der Waals surface area contributed by atoms with Crippen molar-refractivity contribution in [2.45, 2.75) is 39.3 Å².